The van der Waals surface area contributed by atoms with E-state index in [2.05, 4.69) is 16.7 Å². The molecule has 0 aliphatic carbocycles. The minimum atomic E-state index is 0.423. The molecule has 21 heavy (non-hydrogen) atoms. The van der Waals surface area contributed by atoms with E-state index in [1.54, 1.807) is 0 Å². The summed E-state index contributed by atoms with van der Waals surface area (Å²) in [6.07, 6.45) is 0. The molecule has 5 heteroatoms. The molecule has 1 heterocycles. The van der Waals surface area contributed by atoms with Gasteiger partial charge in [-0.05, 0) is 24.3 Å². The fourth-order valence-electron chi connectivity index (χ4n) is 1.95. The lowest BCUT2D eigenvalue weighted by Crippen LogP contribution is -2.13. The fraction of sp³-hybridized carbons (Fsp3) is 0. The third-order valence-electron chi connectivity index (χ3n) is 2.94. The molecule has 0 bridgehead atoms. The minimum Gasteiger partial charge on any atom is -0.348 e. The van der Waals surface area contributed by atoms with E-state index in [1.807, 2.05) is 54.6 Å². The SMILES string of the molecule is N#C/C(C(=S)Nc1ccccc1)=C1\Nc2ccccc2S1. The molecule has 2 aromatic carbocycles. The summed E-state index contributed by atoms with van der Waals surface area (Å²) in [6.45, 7) is 0. The predicted octanol–water partition coefficient (Wildman–Crippen LogP) is 4.38. The molecule has 0 amide bonds. The van der Waals surface area contributed by atoms with Crippen LogP contribution in [0.5, 0.6) is 0 Å². The molecule has 2 N–H and O–H groups in total. The lowest BCUT2D eigenvalue weighted by molar-refractivity contribution is 1.45. The van der Waals surface area contributed by atoms with Crippen LogP contribution in [0.2, 0.25) is 0 Å². The summed E-state index contributed by atoms with van der Waals surface area (Å²) in [4.78, 5) is 1.52. The Morgan fingerprint density at radius 1 is 1.10 bits per heavy atom. The van der Waals surface area contributed by atoms with Crippen molar-refractivity contribution < 1.29 is 0 Å². The zero-order valence-corrected chi connectivity index (χ0v) is 12.6. The van der Waals surface area contributed by atoms with Crippen LogP contribution in [0.1, 0.15) is 0 Å². The molecule has 1 aliphatic heterocycles. The predicted molar refractivity (Wildman–Crippen MR) is 91.2 cm³/mol. The summed E-state index contributed by atoms with van der Waals surface area (Å²) in [5, 5.41) is 16.5. The van der Waals surface area contributed by atoms with Crippen molar-refractivity contribution in [2.45, 2.75) is 4.90 Å². The van der Waals surface area contributed by atoms with Crippen LogP contribution in [0.3, 0.4) is 0 Å². The van der Waals surface area contributed by atoms with E-state index in [1.165, 1.54) is 11.8 Å². The van der Waals surface area contributed by atoms with Gasteiger partial charge in [0.25, 0.3) is 0 Å². The second kappa shape index (κ2) is 6.00. The first-order valence-electron chi connectivity index (χ1n) is 6.32. The number of thioether (sulfide) groups is 1. The van der Waals surface area contributed by atoms with Crippen LogP contribution in [0.4, 0.5) is 11.4 Å². The normalized spacial score (nSPS) is 14.6. The average Bonchev–Trinajstić information content (AvgIpc) is 2.92. The Morgan fingerprint density at radius 3 is 2.52 bits per heavy atom. The summed E-state index contributed by atoms with van der Waals surface area (Å²) in [5.41, 5.74) is 2.33. The molecule has 0 unspecified atom stereocenters. The Kier molecular flexibility index (Phi) is 3.91. The second-order valence-corrected chi connectivity index (χ2v) is 5.82. The monoisotopic (exact) mass is 309 g/mol. The fourth-order valence-corrected chi connectivity index (χ4v) is 3.29. The highest BCUT2D eigenvalue weighted by Gasteiger charge is 2.21. The maximum absolute atomic E-state index is 9.43. The van der Waals surface area contributed by atoms with Gasteiger partial charge in [-0.1, -0.05) is 54.3 Å². The second-order valence-electron chi connectivity index (χ2n) is 4.36. The molecule has 2 aromatic rings. The van der Waals surface area contributed by atoms with Gasteiger partial charge in [0.1, 0.15) is 16.6 Å². The number of nitrogens with one attached hydrogen (secondary N) is 2. The first-order chi connectivity index (χ1) is 10.3. The Hall–Kier alpha value is -2.29. The minimum absolute atomic E-state index is 0.423. The quantitative estimate of drug-likeness (QED) is 0.490. The van der Waals surface area contributed by atoms with E-state index < -0.39 is 0 Å². The number of fused-ring (bicyclic) bond motifs is 1. The summed E-state index contributed by atoms with van der Waals surface area (Å²) >= 11 is 6.89. The van der Waals surface area contributed by atoms with Crippen molar-refractivity contribution in [2.75, 3.05) is 10.6 Å². The van der Waals surface area contributed by atoms with Crippen LogP contribution in [-0.2, 0) is 0 Å². The van der Waals surface area contributed by atoms with Crippen molar-refractivity contribution >= 4 is 40.3 Å². The lowest BCUT2D eigenvalue weighted by atomic mass is 10.2. The Balaban J connectivity index is 1.85. The van der Waals surface area contributed by atoms with Gasteiger partial charge in [-0.2, -0.15) is 5.26 Å². The number of hydrogen-bond donors (Lipinski definition) is 2. The highest BCUT2D eigenvalue weighted by molar-refractivity contribution is 8.03. The van der Waals surface area contributed by atoms with Crippen molar-refractivity contribution in [2.24, 2.45) is 0 Å². The van der Waals surface area contributed by atoms with Crippen LogP contribution in [0.25, 0.3) is 0 Å². The molecule has 3 nitrogen and oxygen atoms in total. The van der Waals surface area contributed by atoms with Crippen LogP contribution in [-0.4, -0.2) is 4.99 Å². The van der Waals surface area contributed by atoms with E-state index in [0.717, 1.165) is 21.3 Å². The molecule has 102 valence electrons. The first-order valence-corrected chi connectivity index (χ1v) is 7.55. The summed E-state index contributed by atoms with van der Waals surface area (Å²) in [7, 11) is 0. The number of benzene rings is 2. The lowest BCUT2D eigenvalue weighted by Gasteiger charge is -2.08. The van der Waals surface area contributed by atoms with Crippen LogP contribution < -0.4 is 10.6 Å². The molecule has 0 saturated heterocycles. The van der Waals surface area contributed by atoms with E-state index in [9.17, 15) is 5.26 Å². The average molecular weight is 309 g/mol. The molecule has 0 saturated carbocycles. The van der Waals surface area contributed by atoms with Gasteiger partial charge >= 0.3 is 0 Å². The smallest absolute Gasteiger partial charge is 0.124 e. The van der Waals surface area contributed by atoms with Crippen LogP contribution >= 0.6 is 24.0 Å². The van der Waals surface area contributed by atoms with Gasteiger partial charge in [-0.25, -0.2) is 0 Å². The van der Waals surface area contributed by atoms with E-state index in [-0.39, 0.29) is 0 Å². The van der Waals surface area contributed by atoms with Gasteiger partial charge in [0, 0.05) is 10.6 Å². The Bertz CT molecular complexity index is 734. The number of anilines is 2. The highest BCUT2D eigenvalue weighted by atomic mass is 32.2. The van der Waals surface area contributed by atoms with Crippen molar-refractivity contribution in [3.63, 3.8) is 0 Å². The zero-order valence-electron chi connectivity index (χ0n) is 11.0. The maximum atomic E-state index is 9.43. The van der Waals surface area contributed by atoms with Gasteiger partial charge in [0.05, 0.1) is 10.7 Å². The van der Waals surface area contributed by atoms with Crippen molar-refractivity contribution in [3.05, 3.63) is 65.2 Å². The summed E-state index contributed by atoms with van der Waals surface area (Å²) in [5.74, 6) is 0. The van der Waals surface area contributed by atoms with Crippen molar-refractivity contribution in [3.8, 4) is 6.07 Å². The van der Waals surface area contributed by atoms with Crippen molar-refractivity contribution in [1.82, 2.24) is 0 Å². The number of hydrogen-bond acceptors (Lipinski definition) is 4. The number of para-hydroxylation sites is 2. The number of rotatable bonds is 2. The van der Waals surface area contributed by atoms with Crippen LogP contribution in [0.15, 0.2) is 70.1 Å². The standard InChI is InChI=1S/C16H11N3S2/c17-10-12(15(20)18-11-6-2-1-3-7-11)16-19-13-8-4-5-9-14(13)21-16/h1-9,19H,(H,18,20)/b16-12-. The third-order valence-corrected chi connectivity index (χ3v) is 4.34. The third kappa shape index (κ3) is 2.92. The van der Waals surface area contributed by atoms with Gasteiger partial charge in [-0.3, -0.25) is 0 Å². The first kappa shape index (κ1) is 13.7. The zero-order chi connectivity index (χ0) is 14.7. The van der Waals surface area contributed by atoms with E-state index in [4.69, 9.17) is 12.2 Å². The molecule has 0 fully saturated rings. The van der Waals surface area contributed by atoms with Gasteiger partial charge in [-0.15, -0.1) is 0 Å². The van der Waals surface area contributed by atoms with E-state index >= 15 is 0 Å². The molecule has 3 rings (SSSR count). The number of nitrogens with zero attached hydrogens (tertiary/aromatic N) is 1. The van der Waals surface area contributed by atoms with Crippen LogP contribution in [0, 0.1) is 11.3 Å². The molecule has 0 spiro atoms. The maximum Gasteiger partial charge on any atom is 0.124 e. The van der Waals surface area contributed by atoms with E-state index in [0.29, 0.717) is 10.6 Å². The number of nitriles is 1. The molecular formula is C16H11N3S2. The Morgan fingerprint density at radius 2 is 1.81 bits per heavy atom. The Labute approximate surface area is 132 Å². The molecule has 1 aliphatic rings. The van der Waals surface area contributed by atoms with Crippen molar-refractivity contribution in [1.29, 1.82) is 5.26 Å². The molecule has 0 radical (unpaired) electrons. The van der Waals surface area contributed by atoms with Gasteiger partial charge in [0.2, 0.25) is 0 Å². The topological polar surface area (TPSA) is 47.9 Å². The summed E-state index contributed by atoms with van der Waals surface area (Å²) < 4.78 is 0. The van der Waals surface area contributed by atoms with Gasteiger partial charge < -0.3 is 10.6 Å². The molecular weight excluding hydrogens is 298 g/mol. The largest absolute Gasteiger partial charge is 0.348 e. The highest BCUT2D eigenvalue weighted by Crippen LogP contribution is 2.42. The van der Waals surface area contributed by atoms with Gasteiger partial charge in [0.15, 0.2) is 0 Å². The molecule has 0 aromatic heterocycles. The number of thiocarbonyl (C=S) groups is 1. The summed E-state index contributed by atoms with van der Waals surface area (Å²) in [6, 6.07) is 19.7. The molecule has 0 atom stereocenters.